The first-order valence-corrected chi connectivity index (χ1v) is 13.8. The Kier molecular flexibility index (Phi) is 5.44. The molecule has 6 heteroatoms. The Labute approximate surface area is 219 Å². The lowest BCUT2D eigenvalue weighted by Crippen LogP contribution is -2.59. The first-order valence-electron chi connectivity index (χ1n) is 13.0. The topological polar surface area (TPSA) is 28.1 Å². The summed E-state index contributed by atoms with van der Waals surface area (Å²) in [6, 6.07) is 22.7. The molecule has 3 aromatic rings. The molecule has 2 atom stereocenters. The van der Waals surface area contributed by atoms with E-state index in [0.29, 0.717) is 18.0 Å². The molecule has 4 aliphatic rings. The third kappa shape index (κ3) is 3.60. The molecule has 0 radical (unpaired) electrons. The van der Waals surface area contributed by atoms with E-state index < -0.39 is 5.72 Å². The van der Waals surface area contributed by atoms with Crippen LogP contribution in [0.25, 0.3) is 0 Å². The third-order valence-electron chi connectivity index (χ3n) is 8.50. The Balaban J connectivity index is 1.22. The average Bonchev–Trinajstić information content (AvgIpc) is 3.37. The number of benzene rings is 3. The lowest BCUT2D eigenvalue weighted by atomic mass is 9.84. The molecule has 1 saturated heterocycles. The standard InChI is InChI=1S/C30H29BrFN3O/c31-21-12-13-29-24(18-21)28-19-26(23-9-3-4-10-25(23)32)33-35(28)30(36-29)14-16-34(17-15-30)27-11-5-7-20-6-1-2-8-22(20)27/h1-4,6,8-10,12-13,18,27-28H,5,7,11,14-17,19H2. The van der Waals surface area contributed by atoms with Gasteiger partial charge in [0.05, 0.1) is 11.8 Å². The minimum atomic E-state index is -0.511. The van der Waals surface area contributed by atoms with Gasteiger partial charge in [-0.15, -0.1) is 0 Å². The van der Waals surface area contributed by atoms with Crippen molar-refractivity contribution in [1.29, 1.82) is 0 Å². The molecule has 0 amide bonds. The molecule has 0 aromatic heterocycles. The van der Waals surface area contributed by atoms with Crippen molar-refractivity contribution in [2.24, 2.45) is 5.10 Å². The van der Waals surface area contributed by atoms with Gasteiger partial charge >= 0.3 is 0 Å². The van der Waals surface area contributed by atoms with E-state index in [-0.39, 0.29) is 11.9 Å². The Morgan fingerprint density at radius 1 is 0.944 bits per heavy atom. The SMILES string of the molecule is Fc1ccccc1C1=NN2C(C1)c1cc(Br)ccc1OC21CCN(C2CCCc3ccccc32)CC1. The van der Waals surface area contributed by atoms with Gasteiger partial charge in [0.1, 0.15) is 11.6 Å². The van der Waals surface area contributed by atoms with Gasteiger partial charge in [0.15, 0.2) is 0 Å². The molecule has 3 aromatic carbocycles. The quantitative estimate of drug-likeness (QED) is 0.347. The van der Waals surface area contributed by atoms with E-state index in [4.69, 9.17) is 9.84 Å². The van der Waals surface area contributed by atoms with Crippen LogP contribution in [0.15, 0.2) is 76.3 Å². The number of likely N-dealkylation sites (tertiary alicyclic amines) is 1. The van der Waals surface area contributed by atoms with Gasteiger partial charge in [-0.2, -0.15) is 5.10 Å². The molecule has 0 saturated carbocycles. The number of rotatable bonds is 2. The second kappa shape index (κ2) is 8.70. The van der Waals surface area contributed by atoms with Crippen LogP contribution in [0.1, 0.15) is 66.4 Å². The van der Waals surface area contributed by atoms with Gasteiger partial charge in [-0.05, 0) is 54.7 Å². The summed E-state index contributed by atoms with van der Waals surface area (Å²) >= 11 is 3.63. The summed E-state index contributed by atoms with van der Waals surface area (Å²) < 4.78 is 22.6. The lowest BCUT2D eigenvalue weighted by molar-refractivity contribution is -0.153. The van der Waals surface area contributed by atoms with Crippen molar-refractivity contribution < 1.29 is 9.13 Å². The number of piperidine rings is 1. The van der Waals surface area contributed by atoms with E-state index >= 15 is 0 Å². The molecule has 184 valence electrons. The van der Waals surface area contributed by atoms with Crippen LogP contribution in [-0.2, 0) is 6.42 Å². The lowest BCUT2D eigenvalue weighted by Gasteiger charge is -2.52. The number of aryl methyl sites for hydroxylation is 1. The predicted molar refractivity (Wildman–Crippen MR) is 143 cm³/mol. The van der Waals surface area contributed by atoms with Crippen molar-refractivity contribution in [3.05, 3.63) is 99.3 Å². The van der Waals surface area contributed by atoms with Crippen LogP contribution in [-0.4, -0.2) is 34.4 Å². The zero-order valence-electron chi connectivity index (χ0n) is 20.2. The summed E-state index contributed by atoms with van der Waals surface area (Å²) in [6.07, 6.45) is 6.05. The van der Waals surface area contributed by atoms with E-state index in [1.807, 2.05) is 18.2 Å². The number of hydrazone groups is 1. The summed E-state index contributed by atoms with van der Waals surface area (Å²) in [5.74, 6) is 0.715. The van der Waals surface area contributed by atoms with Gasteiger partial charge in [-0.25, -0.2) is 9.40 Å². The molecule has 36 heavy (non-hydrogen) atoms. The summed E-state index contributed by atoms with van der Waals surface area (Å²) in [5, 5.41) is 7.25. The van der Waals surface area contributed by atoms with Gasteiger partial charge in [0, 0.05) is 54.0 Å². The fourth-order valence-corrected chi connectivity index (χ4v) is 7.11. The second-order valence-corrected chi connectivity index (χ2v) is 11.4. The molecule has 7 rings (SSSR count). The highest BCUT2D eigenvalue weighted by Gasteiger charge is 2.52. The minimum absolute atomic E-state index is 0.0443. The molecule has 4 nitrogen and oxygen atoms in total. The summed E-state index contributed by atoms with van der Waals surface area (Å²) in [6.45, 7) is 1.91. The highest BCUT2D eigenvalue weighted by Crippen LogP contribution is 2.51. The van der Waals surface area contributed by atoms with E-state index in [9.17, 15) is 4.39 Å². The summed E-state index contributed by atoms with van der Waals surface area (Å²) in [5.41, 5.74) is 5.00. The average molecular weight is 546 g/mol. The Morgan fingerprint density at radius 3 is 2.61 bits per heavy atom. The van der Waals surface area contributed by atoms with Crippen molar-refractivity contribution in [2.75, 3.05) is 13.1 Å². The highest BCUT2D eigenvalue weighted by molar-refractivity contribution is 9.10. The van der Waals surface area contributed by atoms with Gasteiger partial charge in [0.2, 0.25) is 5.72 Å². The number of fused-ring (bicyclic) bond motifs is 5. The van der Waals surface area contributed by atoms with E-state index in [0.717, 1.165) is 47.4 Å². The fraction of sp³-hybridized carbons (Fsp3) is 0.367. The van der Waals surface area contributed by atoms with Crippen LogP contribution in [0.5, 0.6) is 5.75 Å². The molecular formula is C30H29BrFN3O. The maximum Gasteiger partial charge on any atom is 0.200 e. The van der Waals surface area contributed by atoms with Crippen LogP contribution in [0.3, 0.4) is 0 Å². The van der Waals surface area contributed by atoms with Crippen molar-refractivity contribution in [2.45, 2.75) is 56.3 Å². The van der Waals surface area contributed by atoms with E-state index in [1.165, 1.54) is 36.5 Å². The zero-order chi connectivity index (χ0) is 24.3. The number of ether oxygens (including phenoxy) is 1. The monoisotopic (exact) mass is 545 g/mol. The van der Waals surface area contributed by atoms with Crippen molar-refractivity contribution in [3.63, 3.8) is 0 Å². The first kappa shape index (κ1) is 22.5. The van der Waals surface area contributed by atoms with Crippen LogP contribution >= 0.6 is 15.9 Å². The maximum absolute atomic E-state index is 14.7. The highest BCUT2D eigenvalue weighted by atomic mass is 79.9. The second-order valence-electron chi connectivity index (χ2n) is 10.5. The smallest absolute Gasteiger partial charge is 0.200 e. The molecule has 1 aliphatic carbocycles. The number of hydrogen-bond acceptors (Lipinski definition) is 4. The van der Waals surface area contributed by atoms with Crippen molar-refractivity contribution >= 4 is 21.6 Å². The molecule has 3 aliphatic heterocycles. The molecule has 0 N–H and O–H groups in total. The first-order chi connectivity index (χ1) is 17.6. The number of halogens is 2. The fourth-order valence-electron chi connectivity index (χ4n) is 6.73. The van der Waals surface area contributed by atoms with Crippen LogP contribution in [0.4, 0.5) is 4.39 Å². The van der Waals surface area contributed by atoms with Crippen molar-refractivity contribution in [3.8, 4) is 5.75 Å². The van der Waals surface area contributed by atoms with Crippen LogP contribution in [0.2, 0.25) is 0 Å². The van der Waals surface area contributed by atoms with Gasteiger partial charge < -0.3 is 4.74 Å². The number of hydrogen-bond donors (Lipinski definition) is 0. The van der Waals surface area contributed by atoms with Gasteiger partial charge in [-0.1, -0.05) is 58.4 Å². The van der Waals surface area contributed by atoms with Gasteiger partial charge in [0.25, 0.3) is 0 Å². The molecule has 1 fully saturated rings. The molecular weight excluding hydrogens is 517 g/mol. The summed E-state index contributed by atoms with van der Waals surface area (Å²) in [7, 11) is 0. The molecule has 0 bridgehead atoms. The third-order valence-corrected chi connectivity index (χ3v) is 8.99. The molecule has 1 spiro atoms. The Hall–Kier alpha value is -2.70. The molecule has 2 unspecified atom stereocenters. The largest absolute Gasteiger partial charge is 0.466 e. The predicted octanol–water partition coefficient (Wildman–Crippen LogP) is 7.00. The van der Waals surface area contributed by atoms with E-state index in [2.05, 4.69) is 62.2 Å². The zero-order valence-corrected chi connectivity index (χ0v) is 21.8. The van der Waals surface area contributed by atoms with Gasteiger partial charge in [-0.3, -0.25) is 4.90 Å². The Morgan fingerprint density at radius 2 is 1.75 bits per heavy atom. The van der Waals surface area contributed by atoms with E-state index in [1.54, 1.807) is 6.07 Å². The minimum Gasteiger partial charge on any atom is -0.466 e. The summed E-state index contributed by atoms with van der Waals surface area (Å²) in [4.78, 5) is 2.65. The molecule has 3 heterocycles. The number of nitrogens with zero attached hydrogens (tertiary/aromatic N) is 3. The Bertz CT molecular complexity index is 1350. The van der Waals surface area contributed by atoms with Crippen molar-refractivity contribution in [1.82, 2.24) is 9.91 Å². The van der Waals surface area contributed by atoms with Crippen LogP contribution < -0.4 is 4.74 Å². The normalized spacial score (nSPS) is 24.5. The maximum atomic E-state index is 14.7. The van der Waals surface area contributed by atoms with Crippen LogP contribution in [0, 0.1) is 5.82 Å².